The first-order chi connectivity index (χ1) is 7.70. The van der Waals surface area contributed by atoms with E-state index < -0.39 is 22.2 Å². The lowest BCUT2D eigenvalue weighted by atomic mass is 10.2. The van der Waals surface area contributed by atoms with E-state index in [4.69, 9.17) is 16.3 Å². The van der Waals surface area contributed by atoms with Gasteiger partial charge in [-0.15, -0.1) is 0 Å². The second-order valence-electron chi connectivity index (χ2n) is 4.29. The van der Waals surface area contributed by atoms with Gasteiger partial charge in [0.1, 0.15) is 5.60 Å². The Balaban J connectivity index is 3.04. The minimum Gasteiger partial charge on any atom is -0.456 e. The maximum atomic E-state index is 11.6. The lowest BCUT2D eigenvalue weighted by molar-refractivity contribution is -0.385. The van der Waals surface area contributed by atoms with Crippen molar-refractivity contribution in [3.8, 4) is 0 Å². The van der Waals surface area contributed by atoms with Gasteiger partial charge >= 0.3 is 11.7 Å². The molecule has 0 radical (unpaired) electrons. The van der Waals surface area contributed by atoms with E-state index in [1.807, 2.05) is 0 Å². The van der Waals surface area contributed by atoms with E-state index in [0.29, 0.717) is 0 Å². The summed E-state index contributed by atoms with van der Waals surface area (Å²) in [6.45, 7) is 5.09. The van der Waals surface area contributed by atoms with Gasteiger partial charge in [-0.1, -0.05) is 11.6 Å². The third kappa shape index (κ3) is 3.67. The van der Waals surface area contributed by atoms with E-state index in [1.54, 1.807) is 20.8 Å². The van der Waals surface area contributed by atoms with Crippen molar-refractivity contribution >= 4 is 23.3 Å². The molecule has 6 nitrogen and oxygen atoms in total. The number of esters is 1. The van der Waals surface area contributed by atoms with Crippen LogP contribution >= 0.6 is 11.6 Å². The Morgan fingerprint density at radius 1 is 1.53 bits per heavy atom. The van der Waals surface area contributed by atoms with Crippen LogP contribution in [0.3, 0.4) is 0 Å². The molecule has 0 aliphatic heterocycles. The van der Waals surface area contributed by atoms with Crippen molar-refractivity contribution in [2.75, 3.05) is 0 Å². The third-order valence-electron chi connectivity index (χ3n) is 1.65. The van der Waals surface area contributed by atoms with E-state index in [-0.39, 0.29) is 10.7 Å². The molecule has 0 unspecified atom stereocenters. The molecule has 92 valence electrons. The van der Waals surface area contributed by atoms with Crippen molar-refractivity contribution in [2.24, 2.45) is 0 Å². The highest BCUT2D eigenvalue weighted by Gasteiger charge is 2.22. The van der Waals surface area contributed by atoms with E-state index in [1.165, 1.54) is 0 Å². The van der Waals surface area contributed by atoms with Gasteiger partial charge in [-0.25, -0.2) is 9.78 Å². The van der Waals surface area contributed by atoms with Gasteiger partial charge in [0.05, 0.1) is 10.5 Å². The number of nitro groups is 1. The number of nitrogens with zero attached hydrogens (tertiary/aromatic N) is 2. The molecule has 1 heterocycles. The monoisotopic (exact) mass is 258 g/mol. The van der Waals surface area contributed by atoms with Crippen LogP contribution in [0.2, 0.25) is 5.15 Å². The summed E-state index contributed by atoms with van der Waals surface area (Å²) in [5.74, 6) is -0.676. The van der Waals surface area contributed by atoms with E-state index in [9.17, 15) is 14.9 Å². The molecule has 0 bridgehead atoms. The maximum absolute atomic E-state index is 11.6. The van der Waals surface area contributed by atoms with Crippen LogP contribution in [0.15, 0.2) is 12.3 Å². The van der Waals surface area contributed by atoms with Gasteiger partial charge < -0.3 is 4.74 Å². The number of ether oxygens (including phenoxy) is 1. The zero-order chi connectivity index (χ0) is 13.2. The standard InChI is InChI=1S/C10H11ClN2O4/c1-10(2,3)17-9(14)6-4-7(13(15)16)8(11)12-5-6/h4-5H,1-3H3. The van der Waals surface area contributed by atoms with E-state index in [0.717, 1.165) is 12.3 Å². The molecule has 17 heavy (non-hydrogen) atoms. The molecule has 0 spiro atoms. The Morgan fingerprint density at radius 2 is 2.12 bits per heavy atom. The first-order valence-corrected chi connectivity index (χ1v) is 5.12. The Kier molecular flexibility index (Phi) is 3.67. The first kappa shape index (κ1) is 13.4. The first-order valence-electron chi connectivity index (χ1n) is 4.74. The van der Waals surface area contributed by atoms with Crippen molar-refractivity contribution < 1.29 is 14.5 Å². The molecule has 7 heteroatoms. The number of halogens is 1. The molecular formula is C10H11ClN2O4. The highest BCUT2D eigenvalue weighted by atomic mass is 35.5. The van der Waals surface area contributed by atoms with Crippen LogP contribution in [-0.2, 0) is 4.74 Å². The topological polar surface area (TPSA) is 82.3 Å². The largest absolute Gasteiger partial charge is 0.456 e. The molecule has 0 amide bonds. The molecule has 0 aliphatic carbocycles. The zero-order valence-electron chi connectivity index (χ0n) is 9.56. The van der Waals surface area contributed by atoms with Crippen molar-refractivity contribution in [3.63, 3.8) is 0 Å². The normalized spacial score (nSPS) is 11.1. The van der Waals surface area contributed by atoms with Gasteiger partial charge in [-0.2, -0.15) is 0 Å². The Morgan fingerprint density at radius 3 is 2.59 bits per heavy atom. The Hall–Kier alpha value is -1.69. The minimum atomic E-state index is -0.705. The molecule has 0 atom stereocenters. The van der Waals surface area contributed by atoms with Gasteiger partial charge in [0, 0.05) is 12.3 Å². The summed E-state index contributed by atoms with van der Waals surface area (Å²) < 4.78 is 5.05. The highest BCUT2D eigenvalue weighted by Crippen LogP contribution is 2.23. The quantitative estimate of drug-likeness (QED) is 0.352. The minimum absolute atomic E-state index is 0.00368. The molecular weight excluding hydrogens is 248 g/mol. The fraction of sp³-hybridized carbons (Fsp3) is 0.400. The van der Waals surface area contributed by atoms with Crippen molar-refractivity contribution in [1.29, 1.82) is 0 Å². The summed E-state index contributed by atoms with van der Waals surface area (Å²) in [7, 11) is 0. The molecule has 0 aromatic carbocycles. The molecule has 0 fully saturated rings. The predicted molar refractivity (Wildman–Crippen MR) is 61.1 cm³/mol. The summed E-state index contributed by atoms with van der Waals surface area (Å²) in [5.41, 5.74) is -1.10. The van der Waals surface area contributed by atoms with Crippen LogP contribution in [0.4, 0.5) is 5.69 Å². The molecule has 1 aromatic heterocycles. The SMILES string of the molecule is CC(C)(C)OC(=O)c1cnc(Cl)c([N+](=O)[O-])c1. The summed E-state index contributed by atoms with van der Waals surface area (Å²) in [5, 5.41) is 10.3. The third-order valence-corrected chi connectivity index (χ3v) is 1.94. The van der Waals surface area contributed by atoms with Gasteiger partial charge in [0.25, 0.3) is 0 Å². The fourth-order valence-electron chi connectivity index (χ4n) is 1.01. The van der Waals surface area contributed by atoms with Crippen LogP contribution in [0.25, 0.3) is 0 Å². The smallest absolute Gasteiger partial charge is 0.340 e. The average Bonchev–Trinajstić information content (AvgIpc) is 2.14. The molecule has 0 aliphatic rings. The molecule has 0 saturated carbocycles. The van der Waals surface area contributed by atoms with Gasteiger partial charge in [-0.05, 0) is 20.8 Å². The van der Waals surface area contributed by atoms with Crippen LogP contribution in [0.1, 0.15) is 31.1 Å². The lowest BCUT2D eigenvalue weighted by Crippen LogP contribution is -2.24. The van der Waals surface area contributed by atoms with Crippen molar-refractivity contribution in [2.45, 2.75) is 26.4 Å². The number of carbonyl (C=O) groups is 1. The summed E-state index contributed by atoms with van der Waals surface area (Å²) in [4.78, 5) is 25.1. The highest BCUT2D eigenvalue weighted by molar-refractivity contribution is 6.31. The number of pyridine rings is 1. The van der Waals surface area contributed by atoms with E-state index >= 15 is 0 Å². The maximum Gasteiger partial charge on any atom is 0.340 e. The second kappa shape index (κ2) is 4.67. The van der Waals surface area contributed by atoms with Gasteiger partial charge in [-0.3, -0.25) is 10.1 Å². The Labute approximate surface area is 103 Å². The predicted octanol–water partition coefficient (Wildman–Crippen LogP) is 2.60. The van der Waals surface area contributed by atoms with Crippen LogP contribution in [0, 0.1) is 10.1 Å². The Bertz CT molecular complexity index is 468. The fourth-order valence-corrected chi connectivity index (χ4v) is 1.19. The number of hydrogen-bond donors (Lipinski definition) is 0. The lowest BCUT2D eigenvalue weighted by Gasteiger charge is -2.19. The number of hydrogen-bond acceptors (Lipinski definition) is 5. The zero-order valence-corrected chi connectivity index (χ0v) is 10.3. The number of carbonyl (C=O) groups excluding carboxylic acids is 1. The molecule has 1 aromatic rings. The van der Waals surface area contributed by atoms with Gasteiger partial charge in [0.2, 0.25) is 5.15 Å². The second-order valence-corrected chi connectivity index (χ2v) is 4.65. The number of aromatic nitrogens is 1. The van der Waals surface area contributed by atoms with E-state index in [2.05, 4.69) is 4.98 Å². The molecule has 0 saturated heterocycles. The molecule has 1 rings (SSSR count). The average molecular weight is 259 g/mol. The van der Waals surface area contributed by atoms with Crippen LogP contribution in [-0.4, -0.2) is 21.5 Å². The summed E-state index contributed by atoms with van der Waals surface area (Å²) in [6, 6.07) is 1.05. The number of rotatable bonds is 2. The van der Waals surface area contributed by atoms with Crippen LogP contribution < -0.4 is 0 Å². The van der Waals surface area contributed by atoms with Crippen molar-refractivity contribution in [3.05, 3.63) is 33.1 Å². The summed E-state index contributed by atoms with van der Waals surface area (Å²) >= 11 is 5.52. The van der Waals surface area contributed by atoms with Crippen molar-refractivity contribution in [1.82, 2.24) is 4.98 Å². The molecule has 0 N–H and O–H groups in total. The summed E-state index contributed by atoms with van der Waals surface area (Å²) in [6.07, 6.45) is 1.14. The van der Waals surface area contributed by atoms with Crippen LogP contribution in [0.5, 0.6) is 0 Å². The van der Waals surface area contributed by atoms with Gasteiger partial charge in [0.15, 0.2) is 0 Å².